The fourth-order valence-electron chi connectivity index (χ4n) is 6.06. The summed E-state index contributed by atoms with van der Waals surface area (Å²) in [4.78, 5) is 146. The molecule has 1 aliphatic rings. The van der Waals surface area contributed by atoms with E-state index in [1.54, 1.807) is 27.7 Å². The number of guanidine groups is 1. The Morgan fingerprint density at radius 3 is 1.98 bits per heavy atom. The molecule has 1 aliphatic heterocycles. The number of nitrogens with zero attached hydrogens (tertiary/aromatic N) is 2. The highest BCUT2D eigenvalue weighted by Gasteiger charge is 2.35. The molecule has 0 aromatic heterocycles. The van der Waals surface area contributed by atoms with E-state index >= 15 is 0 Å². The number of aliphatic imine (C=N–C) groups is 1. The minimum atomic E-state index is -1.67. The summed E-state index contributed by atoms with van der Waals surface area (Å²) in [6.07, 6.45) is 1.70. The van der Waals surface area contributed by atoms with Crippen LogP contribution >= 0.6 is 0 Å². The highest BCUT2D eigenvalue weighted by molar-refractivity contribution is 5.98. The van der Waals surface area contributed by atoms with E-state index in [0.717, 1.165) is 4.90 Å². The molecule has 358 valence electrons. The summed E-state index contributed by atoms with van der Waals surface area (Å²) < 4.78 is 0. The van der Waals surface area contributed by atoms with Crippen molar-refractivity contribution in [2.75, 3.05) is 19.6 Å². The Morgan fingerprint density at radius 2 is 1.42 bits per heavy atom. The molecule has 1 rings (SSSR count). The first-order chi connectivity index (χ1) is 29.8. The second kappa shape index (κ2) is 27.3. The van der Waals surface area contributed by atoms with E-state index in [1.165, 1.54) is 26.0 Å². The molecule has 0 bridgehead atoms. The zero-order valence-electron chi connectivity index (χ0n) is 36.9. The lowest BCUT2D eigenvalue weighted by molar-refractivity contribution is -0.142. The number of amides is 9. The number of primary amides is 1. The molecule has 25 nitrogen and oxygen atoms in total. The second-order valence-electron chi connectivity index (χ2n) is 16.0. The fraction of sp³-hybridized carbons (Fsp3) is 0.641. The van der Waals surface area contributed by atoms with Gasteiger partial charge in [-0.05, 0) is 51.4 Å². The number of aliphatic carboxylic acids is 2. The molecular formula is C39H64N12O13. The van der Waals surface area contributed by atoms with Gasteiger partial charge in [-0.15, -0.1) is 0 Å². The summed E-state index contributed by atoms with van der Waals surface area (Å²) in [7, 11) is 0. The average Bonchev–Trinajstić information content (AvgIpc) is 3.18. The van der Waals surface area contributed by atoms with Crippen molar-refractivity contribution in [1.29, 1.82) is 0 Å². The molecule has 0 radical (unpaired) electrons. The number of carbonyl (C=O) groups is 11. The number of allylic oxidation sites excluding steroid dienone is 1. The van der Waals surface area contributed by atoms with Gasteiger partial charge in [0.05, 0.1) is 19.4 Å². The van der Waals surface area contributed by atoms with Crippen LogP contribution < -0.4 is 54.4 Å². The summed E-state index contributed by atoms with van der Waals surface area (Å²) in [5.74, 6) is -11.6. The number of rotatable bonds is 23. The second-order valence-corrected chi connectivity index (χ2v) is 16.0. The monoisotopic (exact) mass is 908 g/mol. The van der Waals surface area contributed by atoms with Crippen molar-refractivity contribution >= 4 is 71.1 Å². The lowest BCUT2D eigenvalue weighted by Gasteiger charge is -2.29. The summed E-state index contributed by atoms with van der Waals surface area (Å²) in [5.41, 5.74) is 16.1. The van der Waals surface area contributed by atoms with Crippen LogP contribution in [0.4, 0.5) is 0 Å². The van der Waals surface area contributed by atoms with Gasteiger partial charge in [-0.1, -0.05) is 39.8 Å². The van der Waals surface area contributed by atoms with Gasteiger partial charge in [-0.25, -0.2) is 0 Å². The molecule has 1 heterocycles. The molecule has 0 spiro atoms. The van der Waals surface area contributed by atoms with Crippen LogP contribution in [0.25, 0.3) is 0 Å². The Balaban J connectivity index is 3.30. The number of hydrogen-bond donors (Lipinski definition) is 12. The van der Waals surface area contributed by atoms with Crippen molar-refractivity contribution < 1.29 is 63.0 Å². The van der Waals surface area contributed by atoms with E-state index in [9.17, 15) is 63.0 Å². The van der Waals surface area contributed by atoms with Crippen molar-refractivity contribution in [1.82, 2.24) is 42.1 Å². The summed E-state index contributed by atoms with van der Waals surface area (Å²) in [6.45, 7) is 8.34. The van der Waals surface area contributed by atoms with E-state index in [0.29, 0.717) is 0 Å². The van der Waals surface area contributed by atoms with Gasteiger partial charge in [-0.2, -0.15) is 0 Å². The van der Waals surface area contributed by atoms with E-state index in [1.807, 2.05) is 0 Å². The Morgan fingerprint density at radius 1 is 0.812 bits per heavy atom. The van der Waals surface area contributed by atoms with Gasteiger partial charge in [0.1, 0.15) is 42.3 Å². The molecule has 0 aromatic carbocycles. The summed E-state index contributed by atoms with van der Waals surface area (Å²) in [5, 5.41) is 35.5. The number of nitrogens with two attached hydrogens (primary N) is 3. The molecule has 9 amide bonds. The lowest BCUT2D eigenvalue weighted by Crippen LogP contribution is -2.60. The van der Waals surface area contributed by atoms with Crippen LogP contribution in [0.15, 0.2) is 17.1 Å². The average molecular weight is 909 g/mol. The van der Waals surface area contributed by atoms with E-state index in [-0.39, 0.29) is 57.1 Å². The molecule has 7 atom stereocenters. The number of carboxylic acids is 2. The van der Waals surface area contributed by atoms with Crippen LogP contribution in [-0.2, 0) is 52.7 Å². The number of nitrogens with one attached hydrogen (secondary N) is 7. The third kappa shape index (κ3) is 20.8. The number of hydrogen-bond acceptors (Lipinski definition) is 12. The van der Waals surface area contributed by atoms with Gasteiger partial charge in [0.15, 0.2) is 5.96 Å². The molecule has 64 heavy (non-hydrogen) atoms. The standard InChI is InChI=1S/C39H64N12O13/c1-19(2)15-24(35(60)50-31(20(3)4)36(61)48-23(11-10-13-43-39(41)42)32(57)45-22(6)38(63)64)49-34(59)25(16-27(40)52)47-29(54)18-51-14-9-7-8-12-28(53)46-26(17-30(55)56)33(58)44-21(5)37(51)62/h7,9,19-26,31H,8,10-18H2,1-6H3,(H2,40,52)(H,44,58)(H,45,57)(H,46,53)(H,47,54)(H,48,61)(H,49,59)(H,50,60)(H,55,56)(H,63,64)(H4,41,42,43)/b9-7+/t21-,22-,23-,24-,25-,26-,31-/m0/s1. The first-order valence-electron chi connectivity index (χ1n) is 20.6. The van der Waals surface area contributed by atoms with Crippen molar-refractivity contribution in [2.45, 2.75) is 129 Å². The van der Waals surface area contributed by atoms with E-state index < -0.39 is 133 Å². The molecule has 0 aromatic rings. The minimum absolute atomic E-state index is 0.00317. The normalized spacial score (nSPS) is 18.7. The van der Waals surface area contributed by atoms with Gasteiger partial charge in [0, 0.05) is 19.5 Å². The van der Waals surface area contributed by atoms with Crippen molar-refractivity contribution in [2.24, 2.45) is 34.0 Å². The Labute approximate surface area is 370 Å². The maximum absolute atomic E-state index is 13.8. The van der Waals surface area contributed by atoms with Crippen LogP contribution in [0.1, 0.15) is 86.5 Å². The zero-order chi connectivity index (χ0) is 48.8. The summed E-state index contributed by atoms with van der Waals surface area (Å²) >= 11 is 0. The minimum Gasteiger partial charge on any atom is -0.481 e. The highest BCUT2D eigenvalue weighted by Crippen LogP contribution is 2.11. The Kier molecular flexibility index (Phi) is 23.5. The maximum atomic E-state index is 13.8. The molecule has 15 N–H and O–H groups in total. The zero-order valence-corrected chi connectivity index (χ0v) is 36.9. The van der Waals surface area contributed by atoms with E-state index in [4.69, 9.17) is 17.2 Å². The molecule has 0 saturated heterocycles. The van der Waals surface area contributed by atoms with Crippen LogP contribution in [0.2, 0.25) is 0 Å². The van der Waals surface area contributed by atoms with Crippen LogP contribution in [0, 0.1) is 11.8 Å². The van der Waals surface area contributed by atoms with Gasteiger partial charge in [0.25, 0.3) is 0 Å². The molecule has 0 aliphatic carbocycles. The van der Waals surface area contributed by atoms with Crippen molar-refractivity contribution in [3.63, 3.8) is 0 Å². The molecular weight excluding hydrogens is 844 g/mol. The van der Waals surface area contributed by atoms with Crippen molar-refractivity contribution in [3.05, 3.63) is 12.2 Å². The van der Waals surface area contributed by atoms with E-state index in [2.05, 4.69) is 42.2 Å². The molecule has 25 heteroatoms. The largest absolute Gasteiger partial charge is 0.481 e. The topological polar surface area (TPSA) is 406 Å². The number of carbonyl (C=O) groups excluding carboxylic acids is 9. The van der Waals surface area contributed by atoms with Gasteiger partial charge in [0.2, 0.25) is 53.2 Å². The van der Waals surface area contributed by atoms with Gasteiger partial charge in [-0.3, -0.25) is 57.7 Å². The predicted octanol–water partition coefficient (Wildman–Crippen LogP) is -4.21. The predicted molar refractivity (Wildman–Crippen MR) is 228 cm³/mol. The van der Waals surface area contributed by atoms with Crippen LogP contribution in [0.5, 0.6) is 0 Å². The third-order valence-electron chi connectivity index (χ3n) is 9.39. The molecule has 0 fully saturated rings. The highest BCUT2D eigenvalue weighted by atomic mass is 16.4. The van der Waals surface area contributed by atoms with Crippen LogP contribution in [-0.4, -0.2) is 148 Å². The SMILES string of the molecule is CC(C)C[C@H](NC(=O)[C@H](CC(N)=O)NC(=O)CN1C/C=C/CCC(=O)N[C@@H](CC(=O)O)C(=O)N[C@@H](C)C1=O)C(=O)N[C@H](C(=O)N[C@@H](CCCN=C(N)N)C(=O)N[C@@H](C)C(=O)O)C(C)C. The first kappa shape index (κ1) is 55.2. The third-order valence-corrected chi connectivity index (χ3v) is 9.39. The quantitative estimate of drug-likeness (QED) is 0.0200. The van der Waals surface area contributed by atoms with Gasteiger partial charge < -0.3 is 69.5 Å². The molecule has 0 saturated carbocycles. The summed E-state index contributed by atoms with van der Waals surface area (Å²) in [6, 6.07) is -9.72. The maximum Gasteiger partial charge on any atom is 0.325 e. The Bertz CT molecular complexity index is 1780. The number of carboxylic acid groups (broad SMARTS) is 2. The smallest absolute Gasteiger partial charge is 0.325 e. The van der Waals surface area contributed by atoms with Gasteiger partial charge >= 0.3 is 11.9 Å². The Hall–Kier alpha value is -6.82. The van der Waals surface area contributed by atoms with Crippen molar-refractivity contribution in [3.8, 4) is 0 Å². The lowest BCUT2D eigenvalue weighted by atomic mass is 9.99. The molecule has 0 unspecified atom stereocenters. The van der Waals surface area contributed by atoms with Crippen LogP contribution in [0.3, 0.4) is 0 Å². The fourth-order valence-corrected chi connectivity index (χ4v) is 6.06. The first-order valence-corrected chi connectivity index (χ1v) is 20.6.